The van der Waals surface area contributed by atoms with Crippen LogP contribution in [0.25, 0.3) is 0 Å². The van der Waals surface area contributed by atoms with Crippen LogP contribution < -0.4 is 10.6 Å². The summed E-state index contributed by atoms with van der Waals surface area (Å²) in [6, 6.07) is 7.13. The molecule has 0 aliphatic heterocycles. The van der Waals surface area contributed by atoms with Crippen LogP contribution in [0.15, 0.2) is 30.3 Å². The molecular weight excluding hydrogens is 404 g/mol. The zero-order valence-electron chi connectivity index (χ0n) is 18.7. The minimum atomic E-state index is -1.08. The van der Waals surface area contributed by atoms with E-state index in [1.54, 1.807) is 6.92 Å². The molecule has 1 aromatic rings. The first-order valence-electron chi connectivity index (χ1n) is 10.1. The number of rotatable bonds is 11. The number of esters is 2. The Labute approximate surface area is 182 Å². The molecule has 0 saturated heterocycles. The molecule has 3 atom stereocenters. The summed E-state index contributed by atoms with van der Waals surface area (Å²) in [5.74, 6) is -2.28. The normalized spacial score (nSPS) is 13.5. The number of nitrogens with one attached hydrogen (secondary N) is 2. The summed E-state index contributed by atoms with van der Waals surface area (Å²) in [6.45, 7) is 5.48. The van der Waals surface area contributed by atoms with Gasteiger partial charge in [0.05, 0.1) is 20.6 Å². The number of carbonyl (C=O) groups is 4. The largest absolute Gasteiger partial charge is 0.469 e. The van der Waals surface area contributed by atoms with E-state index in [0.29, 0.717) is 6.42 Å². The van der Waals surface area contributed by atoms with Crippen molar-refractivity contribution in [3.63, 3.8) is 0 Å². The van der Waals surface area contributed by atoms with E-state index < -0.39 is 41.9 Å². The van der Waals surface area contributed by atoms with Crippen LogP contribution in [0.5, 0.6) is 0 Å². The number of benzene rings is 1. The molecule has 0 aliphatic rings. The van der Waals surface area contributed by atoms with E-state index in [9.17, 15) is 19.2 Å². The highest BCUT2D eigenvalue weighted by molar-refractivity contribution is 5.90. The predicted octanol–water partition coefficient (Wildman–Crippen LogP) is 2.18. The van der Waals surface area contributed by atoms with Gasteiger partial charge >= 0.3 is 18.0 Å². The minimum absolute atomic E-state index is 0.0592. The molecule has 2 N–H and O–H groups in total. The van der Waals surface area contributed by atoms with Crippen molar-refractivity contribution in [3.8, 4) is 0 Å². The fraction of sp³-hybridized carbons (Fsp3) is 0.545. The minimum Gasteiger partial charge on any atom is -0.469 e. The van der Waals surface area contributed by atoms with Crippen molar-refractivity contribution < 1.29 is 33.4 Å². The number of ether oxygens (including phenoxy) is 3. The van der Waals surface area contributed by atoms with Crippen LogP contribution in [0, 0.1) is 11.8 Å². The molecular formula is C22H32N2O7. The average Bonchev–Trinajstić information content (AvgIpc) is 2.75. The molecule has 2 amide bonds. The third-order valence-corrected chi connectivity index (χ3v) is 4.57. The van der Waals surface area contributed by atoms with Crippen LogP contribution in [-0.2, 0) is 35.2 Å². The zero-order chi connectivity index (χ0) is 23.4. The van der Waals surface area contributed by atoms with E-state index in [2.05, 4.69) is 15.4 Å². The van der Waals surface area contributed by atoms with Crippen molar-refractivity contribution >= 4 is 23.9 Å². The third-order valence-electron chi connectivity index (χ3n) is 4.57. The van der Waals surface area contributed by atoms with Crippen molar-refractivity contribution in [2.24, 2.45) is 11.8 Å². The topological polar surface area (TPSA) is 120 Å². The number of methoxy groups -OCH3 is 2. The maximum absolute atomic E-state index is 12.9. The maximum Gasteiger partial charge on any atom is 0.408 e. The molecule has 0 fully saturated rings. The van der Waals surface area contributed by atoms with Crippen molar-refractivity contribution in [1.82, 2.24) is 10.6 Å². The van der Waals surface area contributed by atoms with Crippen molar-refractivity contribution in [3.05, 3.63) is 35.9 Å². The van der Waals surface area contributed by atoms with Gasteiger partial charge in [-0.15, -0.1) is 0 Å². The third kappa shape index (κ3) is 9.50. The van der Waals surface area contributed by atoms with E-state index in [0.717, 1.165) is 5.56 Å². The smallest absolute Gasteiger partial charge is 0.408 e. The molecule has 0 bridgehead atoms. The Morgan fingerprint density at radius 3 is 2.13 bits per heavy atom. The van der Waals surface area contributed by atoms with Gasteiger partial charge in [0.2, 0.25) is 5.91 Å². The number of amides is 2. The van der Waals surface area contributed by atoms with E-state index in [4.69, 9.17) is 9.47 Å². The number of alkyl carbamates (subject to hydrolysis) is 1. The van der Waals surface area contributed by atoms with Crippen LogP contribution in [0.4, 0.5) is 4.79 Å². The Balaban J connectivity index is 2.82. The highest BCUT2D eigenvalue weighted by Crippen LogP contribution is 2.13. The SMILES string of the molecule is COC(=O)C[C@@H](C)[C@@H](NC(=O)[C@H](CC(C)C)NC(=O)OCc1ccccc1)C(=O)OC. The van der Waals surface area contributed by atoms with Gasteiger partial charge in [-0.1, -0.05) is 51.1 Å². The lowest BCUT2D eigenvalue weighted by molar-refractivity contribution is -0.148. The standard InChI is InChI=1S/C22H32N2O7/c1-14(2)11-17(23-22(28)31-13-16-9-7-6-8-10-16)20(26)24-19(21(27)30-5)15(3)12-18(25)29-4/h6-10,14-15,17,19H,11-13H2,1-5H3,(H,23,28)(H,24,26)/t15-,17+,19-/m1/s1. The molecule has 0 spiro atoms. The number of carbonyl (C=O) groups excluding carboxylic acids is 4. The second-order valence-electron chi connectivity index (χ2n) is 7.66. The molecule has 0 heterocycles. The summed E-state index contributed by atoms with van der Waals surface area (Å²) >= 11 is 0. The lowest BCUT2D eigenvalue weighted by Crippen LogP contribution is -2.54. The summed E-state index contributed by atoms with van der Waals surface area (Å²) in [6.07, 6.45) is -0.509. The van der Waals surface area contributed by atoms with E-state index >= 15 is 0 Å². The van der Waals surface area contributed by atoms with E-state index in [-0.39, 0.29) is 18.9 Å². The van der Waals surface area contributed by atoms with Gasteiger partial charge in [0.1, 0.15) is 18.7 Å². The Hall–Kier alpha value is -3.10. The van der Waals surface area contributed by atoms with Gasteiger partial charge in [-0.3, -0.25) is 9.59 Å². The first kappa shape index (κ1) is 25.9. The van der Waals surface area contributed by atoms with Gasteiger partial charge in [-0.25, -0.2) is 9.59 Å². The van der Waals surface area contributed by atoms with Crippen LogP contribution in [-0.4, -0.2) is 50.2 Å². The highest BCUT2D eigenvalue weighted by Gasteiger charge is 2.32. The summed E-state index contributed by atoms with van der Waals surface area (Å²) in [5.41, 5.74) is 0.810. The second-order valence-corrected chi connectivity index (χ2v) is 7.66. The molecule has 9 nitrogen and oxygen atoms in total. The molecule has 0 aromatic heterocycles. The van der Waals surface area contributed by atoms with Gasteiger partial charge in [-0.05, 0) is 23.8 Å². The lowest BCUT2D eigenvalue weighted by atomic mass is 9.97. The average molecular weight is 437 g/mol. The Morgan fingerprint density at radius 1 is 0.935 bits per heavy atom. The van der Waals surface area contributed by atoms with E-state index in [1.165, 1.54) is 14.2 Å². The molecule has 31 heavy (non-hydrogen) atoms. The van der Waals surface area contributed by atoms with Gasteiger partial charge < -0.3 is 24.8 Å². The van der Waals surface area contributed by atoms with Crippen molar-refractivity contribution in [2.45, 2.75) is 52.3 Å². The molecule has 1 aromatic carbocycles. The van der Waals surface area contributed by atoms with Crippen molar-refractivity contribution in [2.75, 3.05) is 14.2 Å². The molecule has 0 radical (unpaired) electrons. The lowest BCUT2D eigenvalue weighted by Gasteiger charge is -2.26. The summed E-state index contributed by atoms with van der Waals surface area (Å²) in [5, 5.41) is 5.14. The van der Waals surface area contributed by atoms with Crippen LogP contribution >= 0.6 is 0 Å². The van der Waals surface area contributed by atoms with Crippen LogP contribution in [0.2, 0.25) is 0 Å². The first-order chi connectivity index (χ1) is 14.7. The molecule has 0 aliphatic carbocycles. The number of hydrogen-bond acceptors (Lipinski definition) is 7. The fourth-order valence-electron chi connectivity index (χ4n) is 2.89. The second kappa shape index (κ2) is 13.3. The Morgan fingerprint density at radius 2 is 1.58 bits per heavy atom. The summed E-state index contributed by atoms with van der Waals surface area (Å²) < 4.78 is 14.6. The van der Waals surface area contributed by atoms with Gasteiger partial charge in [0.25, 0.3) is 0 Å². The molecule has 0 unspecified atom stereocenters. The van der Waals surface area contributed by atoms with Gasteiger partial charge in [-0.2, -0.15) is 0 Å². The van der Waals surface area contributed by atoms with Crippen LogP contribution in [0.1, 0.15) is 39.2 Å². The quantitative estimate of drug-likeness (QED) is 0.403. The summed E-state index contributed by atoms with van der Waals surface area (Å²) in [4.78, 5) is 48.9. The van der Waals surface area contributed by atoms with Crippen molar-refractivity contribution in [1.29, 1.82) is 0 Å². The maximum atomic E-state index is 12.9. The molecule has 0 saturated carbocycles. The predicted molar refractivity (Wildman–Crippen MR) is 113 cm³/mol. The Bertz CT molecular complexity index is 737. The highest BCUT2D eigenvalue weighted by atomic mass is 16.5. The molecule has 9 heteroatoms. The fourth-order valence-corrected chi connectivity index (χ4v) is 2.89. The Kier molecular flexibility index (Phi) is 11.1. The summed E-state index contributed by atoms with van der Waals surface area (Å²) in [7, 11) is 2.43. The zero-order valence-corrected chi connectivity index (χ0v) is 18.7. The number of hydrogen-bond donors (Lipinski definition) is 2. The molecule has 172 valence electrons. The first-order valence-corrected chi connectivity index (χ1v) is 10.1. The monoisotopic (exact) mass is 436 g/mol. The van der Waals surface area contributed by atoms with Crippen LogP contribution in [0.3, 0.4) is 0 Å². The molecule has 1 rings (SSSR count). The van der Waals surface area contributed by atoms with Gasteiger partial charge in [0.15, 0.2) is 0 Å². The van der Waals surface area contributed by atoms with E-state index in [1.807, 2.05) is 44.2 Å². The van der Waals surface area contributed by atoms with Gasteiger partial charge in [0, 0.05) is 0 Å².